The SMILES string of the molecule is CCOC(=O)C1CCN(Cc2ccc3c(NC(=O)c4ccoc4)c(C(=O)OC)sc3n2)CC1. The van der Waals surface area contributed by atoms with E-state index >= 15 is 0 Å². The molecule has 1 aliphatic heterocycles. The first-order valence-corrected chi connectivity index (χ1v) is 11.5. The van der Waals surface area contributed by atoms with E-state index in [0.29, 0.717) is 34.6 Å². The zero-order valence-corrected chi connectivity index (χ0v) is 19.3. The molecule has 0 spiro atoms. The highest BCUT2D eigenvalue weighted by Gasteiger charge is 2.27. The lowest BCUT2D eigenvalue weighted by Crippen LogP contribution is -2.36. The zero-order valence-electron chi connectivity index (χ0n) is 18.5. The molecule has 1 aliphatic rings. The molecule has 0 aromatic carbocycles. The van der Waals surface area contributed by atoms with Crippen molar-refractivity contribution in [3.05, 3.63) is 46.9 Å². The highest BCUT2D eigenvalue weighted by atomic mass is 32.1. The molecule has 4 heterocycles. The van der Waals surface area contributed by atoms with Gasteiger partial charge in [0.15, 0.2) is 0 Å². The number of methoxy groups -OCH3 is 1. The van der Waals surface area contributed by atoms with Crippen molar-refractivity contribution in [1.29, 1.82) is 0 Å². The standard InChI is InChI=1S/C23H25N3O6S/c1-3-32-22(28)14-6-9-26(10-7-14)12-16-4-5-17-18(25-20(27)15-8-11-31-13-15)19(23(29)30-2)33-21(17)24-16/h4-5,8,11,13-14H,3,6-7,9-10,12H2,1-2H3,(H,25,27). The number of likely N-dealkylation sites (tertiary alicyclic amines) is 1. The van der Waals surface area contributed by atoms with Crippen molar-refractivity contribution in [2.24, 2.45) is 5.92 Å². The summed E-state index contributed by atoms with van der Waals surface area (Å²) in [5.41, 5.74) is 1.57. The van der Waals surface area contributed by atoms with Crippen molar-refractivity contribution < 1.29 is 28.3 Å². The van der Waals surface area contributed by atoms with Gasteiger partial charge >= 0.3 is 11.9 Å². The summed E-state index contributed by atoms with van der Waals surface area (Å²) < 4.78 is 15.0. The number of hydrogen-bond donors (Lipinski definition) is 1. The second-order valence-electron chi connectivity index (χ2n) is 7.72. The number of anilines is 1. The zero-order chi connectivity index (χ0) is 23.4. The van der Waals surface area contributed by atoms with E-state index in [4.69, 9.17) is 18.9 Å². The highest BCUT2D eigenvalue weighted by Crippen LogP contribution is 2.36. The van der Waals surface area contributed by atoms with Crippen molar-refractivity contribution in [2.45, 2.75) is 26.3 Å². The molecule has 4 rings (SSSR count). The molecule has 3 aromatic heterocycles. The number of carbonyl (C=O) groups is 3. The number of carbonyl (C=O) groups excluding carboxylic acids is 3. The molecular formula is C23H25N3O6S. The average molecular weight is 472 g/mol. The number of rotatable bonds is 7. The minimum absolute atomic E-state index is 0.0436. The van der Waals surface area contributed by atoms with E-state index < -0.39 is 5.97 Å². The van der Waals surface area contributed by atoms with Crippen LogP contribution in [0.1, 0.15) is 45.5 Å². The molecule has 0 radical (unpaired) electrons. The first kappa shape index (κ1) is 22.9. The van der Waals surface area contributed by atoms with E-state index in [1.54, 1.807) is 6.07 Å². The van der Waals surface area contributed by atoms with Gasteiger partial charge < -0.3 is 19.2 Å². The van der Waals surface area contributed by atoms with Gasteiger partial charge in [-0.2, -0.15) is 0 Å². The number of fused-ring (bicyclic) bond motifs is 1. The number of aromatic nitrogens is 1. The molecule has 0 aliphatic carbocycles. The Kier molecular flexibility index (Phi) is 7.05. The predicted molar refractivity (Wildman–Crippen MR) is 122 cm³/mol. The average Bonchev–Trinajstić information content (AvgIpc) is 3.48. The van der Waals surface area contributed by atoms with Crippen molar-refractivity contribution in [3.8, 4) is 0 Å². The van der Waals surface area contributed by atoms with Crippen LogP contribution in [0.25, 0.3) is 10.2 Å². The highest BCUT2D eigenvalue weighted by molar-refractivity contribution is 7.21. The summed E-state index contributed by atoms with van der Waals surface area (Å²) >= 11 is 1.18. The maximum atomic E-state index is 12.5. The molecule has 0 atom stereocenters. The summed E-state index contributed by atoms with van der Waals surface area (Å²) in [6, 6.07) is 5.29. The van der Waals surface area contributed by atoms with Crippen molar-refractivity contribution in [3.63, 3.8) is 0 Å². The van der Waals surface area contributed by atoms with Crippen LogP contribution in [0.15, 0.2) is 35.1 Å². The van der Waals surface area contributed by atoms with E-state index in [9.17, 15) is 14.4 Å². The molecule has 10 heteroatoms. The normalized spacial score (nSPS) is 14.8. The molecule has 174 valence electrons. The van der Waals surface area contributed by atoms with Crippen LogP contribution in [0.4, 0.5) is 5.69 Å². The molecule has 1 N–H and O–H groups in total. The second kappa shape index (κ2) is 10.1. The third kappa shape index (κ3) is 5.07. The maximum absolute atomic E-state index is 12.5. The molecule has 9 nitrogen and oxygen atoms in total. The third-order valence-corrected chi connectivity index (χ3v) is 6.68. The van der Waals surface area contributed by atoms with Gasteiger partial charge in [0.1, 0.15) is 16.0 Å². The van der Waals surface area contributed by atoms with Crippen LogP contribution >= 0.6 is 11.3 Å². The van der Waals surface area contributed by atoms with Crippen molar-refractivity contribution in [1.82, 2.24) is 9.88 Å². The summed E-state index contributed by atoms with van der Waals surface area (Å²) in [5.74, 6) is -1.08. The third-order valence-electron chi connectivity index (χ3n) is 5.60. The smallest absolute Gasteiger partial charge is 0.350 e. The number of pyridine rings is 1. The number of nitrogens with zero attached hydrogens (tertiary/aromatic N) is 2. The molecule has 3 aromatic rings. The molecule has 0 unspecified atom stereocenters. The maximum Gasteiger partial charge on any atom is 0.350 e. The summed E-state index contributed by atoms with van der Waals surface area (Å²) in [5, 5.41) is 3.46. The Labute approximate surface area is 194 Å². The van der Waals surface area contributed by atoms with Crippen LogP contribution in [-0.2, 0) is 20.8 Å². The number of thiophene rings is 1. The van der Waals surface area contributed by atoms with Gasteiger partial charge in [-0.1, -0.05) is 0 Å². The van der Waals surface area contributed by atoms with Crippen LogP contribution in [0.3, 0.4) is 0 Å². The number of nitrogens with one attached hydrogen (secondary N) is 1. The van der Waals surface area contributed by atoms with Crippen LogP contribution in [0, 0.1) is 5.92 Å². The lowest BCUT2D eigenvalue weighted by molar-refractivity contribution is -0.149. The molecule has 33 heavy (non-hydrogen) atoms. The van der Waals surface area contributed by atoms with Gasteiger partial charge in [-0.3, -0.25) is 14.5 Å². The number of esters is 2. The minimum atomic E-state index is -0.539. The van der Waals surface area contributed by atoms with Gasteiger partial charge in [-0.05, 0) is 51.1 Å². The van der Waals surface area contributed by atoms with Gasteiger partial charge in [-0.25, -0.2) is 9.78 Å². The number of piperidine rings is 1. The fourth-order valence-electron chi connectivity index (χ4n) is 3.86. The fraction of sp³-hybridized carbons (Fsp3) is 0.391. The number of hydrogen-bond acceptors (Lipinski definition) is 9. The fourth-order valence-corrected chi connectivity index (χ4v) is 4.93. The van der Waals surface area contributed by atoms with Gasteiger partial charge in [0.05, 0.1) is 42.8 Å². The Morgan fingerprint density at radius 3 is 2.70 bits per heavy atom. The van der Waals surface area contributed by atoms with Gasteiger partial charge in [0.25, 0.3) is 5.91 Å². The van der Waals surface area contributed by atoms with Crippen LogP contribution in [0.2, 0.25) is 0 Å². The van der Waals surface area contributed by atoms with Crippen LogP contribution in [-0.4, -0.2) is 54.5 Å². The Balaban J connectivity index is 1.51. The van der Waals surface area contributed by atoms with E-state index in [-0.39, 0.29) is 22.7 Å². The summed E-state index contributed by atoms with van der Waals surface area (Å²) in [6.07, 6.45) is 4.27. The van der Waals surface area contributed by atoms with Crippen molar-refractivity contribution >= 4 is 45.1 Å². The van der Waals surface area contributed by atoms with Gasteiger partial charge in [0, 0.05) is 11.9 Å². The largest absolute Gasteiger partial charge is 0.472 e. The van der Waals surface area contributed by atoms with Gasteiger partial charge in [-0.15, -0.1) is 11.3 Å². The lowest BCUT2D eigenvalue weighted by atomic mass is 9.97. The topological polar surface area (TPSA) is 111 Å². The molecule has 0 bridgehead atoms. The first-order chi connectivity index (χ1) is 16.0. The monoisotopic (exact) mass is 471 g/mol. The number of ether oxygens (including phenoxy) is 2. The molecule has 1 fully saturated rings. The predicted octanol–water partition coefficient (Wildman–Crippen LogP) is 3.70. The van der Waals surface area contributed by atoms with Crippen LogP contribution < -0.4 is 5.32 Å². The molecule has 1 saturated heterocycles. The summed E-state index contributed by atoms with van der Waals surface area (Å²) in [6.45, 7) is 4.43. The Hall–Kier alpha value is -3.24. The summed E-state index contributed by atoms with van der Waals surface area (Å²) in [7, 11) is 1.30. The second-order valence-corrected chi connectivity index (χ2v) is 8.72. The van der Waals surface area contributed by atoms with Crippen molar-refractivity contribution in [2.75, 3.05) is 32.1 Å². The van der Waals surface area contributed by atoms with E-state index in [1.807, 2.05) is 19.1 Å². The van der Waals surface area contributed by atoms with Crippen LogP contribution in [0.5, 0.6) is 0 Å². The van der Waals surface area contributed by atoms with Gasteiger partial charge in [0.2, 0.25) is 0 Å². The minimum Gasteiger partial charge on any atom is -0.472 e. The quantitative estimate of drug-likeness (QED) is 0.519. The molecule has 1 amide bonds. The number of amides is 1. The van der Waals surface area contributed by atoms with E-state index in [0.717, 1.165) is 31.6 Å². The lowest BCUT2D eigenvalue weighted by Gasteiger charge is -2.30. The Bertz CT molecular complexity index is 1150. The first-order valence-electron chi connectivity index (χ1n) is 10.7. The molecule has 0 saturated carbocycles. The molecular weight excluding hydrogens is 446 g/mol. The Morgan fingerprint density at radius 2 is 2.03 bits per heavy atom. The number of furan rings is 1. The van der Waals surface area contributed by atoms with E-state index in [2.05, 4.69) is 10.2 Å². The van der Waals surface area contributed by atoms with E-state index in [1.165, 1.54) is 31.0 Å². The Morgan fingerprint density at radius 1 is 1.24 bits per heavy atom. The summed E-state index contributed by atoms with van der Waals surface area (Å²) in [4.78, 5) is 44.7.